The maximum atomic E-state index is 13.3. The van der Waals surface area contributed by atoms with E-state index in [4.69, 9.17) is 11.6 Å². The van der Waals surface area contributed by atoms with E-state index in [1.807, 2.05) is 6.07 Å². The Morgan fingerprint density at radius 3 is 2.81 bits per heavy atom. The monoisotopic (exact) mass is 304 g/mol. The molecule has 0 spiro atoms. The lowest BCUT2D eigenvalue weighted by Crippen LogP contribution is -2.32. The molecule has 0 N–H and O–H groups in total. The number of aromatic nitrogens is 1. The Hall–Kier alpha value is -1.94. The third-order valence-corrected chi connectivity index (χ3v) is 3.67. The van der Waals surface area contributed by atoms with E-state index in [0.717, 1.165) is 18.4 Å². The fourth-order valence-corrected chi connectivity index (χ4v) is 2.46. The summed E-state index contributed by atoms with van der Waals surface area (Å²) in [6.45, 7) is 0.404. The van der Waals surface area contributed by atoms with Crippen LogP contribution in [0.25, 0.3) is 0 Å². The van der Waals surface area contributed by atoms with Crippen molar-refractivity contribution < 1.29 is 9.18 Å². The molecule has 1 aliphatic carbocycles. The van der Waals surface area contributed by atoms with Crippen LogP contribution in [0.5, 0.6) is 0 Å². The first-order valence-electron chi connectivity index (χ1n) is 6.80. The van der Waals surface area contributed by atoms with Crippen molar-refractivity contribution in [1.82, 2.24) is 9.88 Å². The summed E-state index contributed by atoms with van der Waals surface area (Å²) in [4.78, 5) is 18.3. The lowest BCUT2D eigenvalue weighted by molar-refractivity contribution is 0.0729. The Morgan fingerprint density at radius 2 is 2.14 bits per heavy atom. The van der Waals surface area contributed by atoms with Crippen molar-refractivity contribution in [3.8, 4) is 0 Å². The van der Waals surface area contributed by atoms with Gasteiger partial charge in [-0.2, -0.15) is 0 Å². The fraction of sp³-hybridized carbons (Fsp3) is 0.250. The molecule has 1 aromatic heterocycles. The van der Waals surface area contributed by atoms with Crippen LogP contribution < -0.4 is 0 Å². The Balaban J connectivity index is 1.83. The number of rotatable bonds is 4. The molecule has 1 heterocycles. The molecule has 0 saturated heterocycles. The Bertz CT molecular complexity index is 673. The van der Waals surface area contributed by atoms with Gasteiger partial charge < -0.3 is 4.90 Å². The minimum Gasteiger partial charge on any atom is -0.331 e. The molecule has 21 heavy (non-hydrogen) atoms. The maximum absolute atomic E-state index is 13.3. The first-order valence-corrected chi connectivity index (χ1v) is 7.18. The Labute approximate surface area is 127 Å². The van der Waals surface area contributed by atoms with Crippen LogP contribution in [0, 0.1) is 5.82 Å². The number of carbonyl (C=O) groups is 1. The highest BCUT2D eigenvalue weighted by atomic mass is 35.5. The first kappa shape index (κ1) is 14.0. The van der Waals surface area contributed by atoms with Crippen molar-refractivity contribution in [2.75, 3.05) is 0 Å². The number of nitrogens with zero attached hydrogens (tertiary/aromatic N) is 2. The van der Waals surface area contributed by atoms with E-state index in [1.165, 1.54) is 18.3 Å². The SMILES string of the molecule is O=C(c1ccnc(Cl)c1)N(Cc1cccc(F)c1)C1CC1. The van der Waals surface area contributed by atoms with E-state index in [0.29, 0.717) is 17.3 Å². The molecule has 1 fully saturated rings. The van der Waals surface area contributed by atoms with Crippen LogP contribution in [-0.2, 0) is 6.54 Å². The van der Waals surface area contributed by atoms with Gasteiger partial charge in [-0.3, -0.25) is 4.79 Å². The summed E-state index contributed by atoms with van der Waals surface area (Å²) in [5, 5.41) is 0.294. The molecule has 0 bridgehead atoms. The smallest absolute Gasteiger partial charge is 0.254 e. The molecule has 1 aliphatic rings. The summed E-state index contributed by atoms with van der Waals surface area (Å²) in [5.74, 6) is -0.381. The van der Waals surface area contributed by atoms with Gasteiger partial charge in [-0.15, -0.1) is 0 Å². The van der Waals surface area contributed by atoms with Gasteiger partial charge in [0.2, 0.25) is 0 Å². The van der Waals surface area contributed by atoms with Gasteiger partial charge in [-0.1, -0.05) is 23.7 Å². The molecule has 0 aliphatic heterocycles. The minimum absolute atomic E-state index is 0.0916. The molecule has 5 heteroatoms. The van der Waals surface area contributed by atoms with Crippen molar-refractivity contribution in [1.29, 1.82) is 0 Å². The molecule has 1 aromatic carbocycles. The number of halogens is 2. The molecular weight excluding hydrogens is 291 g/mol. The van der Waals surface area contributed by atoms with Crippen molar-refractivity contribution >= 4 is 17.5 Å². The highest BCUT2D eigenvalue weighted by molar-refractivity contribution is 6.29. The van der Waals surface area contributed by atoms with Gasteiger partial charge in [0.1, 0.15) is 11.0 Å². The molecule has 2 aromatic rings. The number of benzene rings is 1. The topological polar surface area (TPSA) is 33.2 Å². The van der Waals surface area contributed by atoms with Crippen LogP contribution in [-0.4, -0.2) is 21.8 Å². The number of amides is 1. The average Bonchev–Trinajstić information content (AvgIpc) is 3.29. The van der Waals surface area contributed by atoms with Crippen LogP contribution in [0.15, 0.2) is 42.6 Å². The summed E-state index contributed by atoms with van der Waals surface area (Å²) >= 11 is 5.84. The van der Waals surface area contributed by atoms with Crippen LogP contribution in [0.2, 0.25) is 5.15 Å². The molecule has 3 rings (SSSR count). The highest BCUT2D eigenvalue weighted by Gasteiger charge is 2.33. The normalized spacial score (nSPS) is 14.0. The van der Waals surface area contributed by atoms with Gasteiger partial charge in [0.25, 0.3) is 5.91 Å². The third kappa shape index (κ3) is 3.39. The fourth-order valence-electron chi connectivity index (χ4n) is 2.29. The van der Waals surface area contributed by atoms with E-state index in [-0.39, 0.29) is 17.8 Å². The molecule has 108 valence electrons. The zero-order valence-electron chi connectivity index (χ0n) is 11.3. The van der Waals surface area contributed by atoms with E-state index in [1.54, 1.807) is 23.1 Å². The maximum Gasteiger partial charge on any atom is 0.254 e. The molecular formula is C16H14ClFN2O. The lowest BCUT2D eigenvalue weighted by atomic mass is 10.1. The van der Waals surface area contributed by atoms with Gasteiger partial charge in [0.15, 0.2) is 0 Å². The van der Waals surface area contributed by atoms with Gasteiger partial charge in [-0.05, 0) is 42.7 Å². The standard InChI is InChI=1S/C16H14ClFN2O/c17-15-9-12(6-7-19-15)16(21)20(14-4-5-14)10-11-2-1-3-13(18)8-11/h1-3,6-9,14H,4-5,10H2. The Morgan fingerprint density at radius 1 is 1.33 bits per heavy atom. The predicted molar refractivity (Wildman–Crippen MR) is 78.5 cm³/mol. The summed E-state index contributed by atoms with van der Waals surface area (Å²) in [5.41, 5.74) is 1.30. The average molecular weight is 305 g/mol. The zero-order valence-corrected chi connectivity index (χ0v) is 12.1. The number of hydrogen-bond acceptors (Lipinski definition) is 2. The van der Waals surface area contributed by atoms with E-state index < -0.39 is 0 Å². The molecule has 0 atom stereocenters. The number of pyridine rings is 1. The summed E-state index contributed by atoms with van der Waals surface area (Å²) in [6, 6.07) is 9.78. The number of hydrogen-bond donors (Lipinski definition) is 0. The molecule has 1 amide bonds. The Kier molecular flexibility index (Phi) is 3.88. The van der Waals surface area contributed by atoms with Gasteiger partial charge >= 0.3 is 0 Å². The summed E-state index contributed by atoms with van der Waals surface area (Å²) in [7, 11) is 0. The van der Waals surface area contributed by atoms with Gasteiger partial charge in [-0.25, -0.2) is 9.37 Å². The summed E-state index contributed by atoms with van der Waals surface area (Å²) < 4.78 is 13.3. The highest BCUT2D eigenvalue weighted by Crippen LogP contribution is 2.30. The third-order valence-electron chi connectivity index (χ3n) is 3.46. The zero-order chi connectivity index (χ0) is 14.8. The summed E-state index contributed by atoms with van der Waals surface area (Å²) in [6.07, 6.45) is 3.49. The molecule has 0 unspecified atom stereocenters. The van der Waals surface area contributed by atoms with E-state index in [9.17, 15) is 9.18 Å². The first-order chi connectivity index (χ1) is 10.1. The van der Waals surface area contributed by atoms with E-state index in [2.05, 4.69) is 4.98 Å². The van der Waals surface area contributed by atoms with Crippen LogP contribution in [0.1, 0.15) is 28.8 Å². The largest absolute Gasteiger partial charge is 0.331 e. The quantitative estimate of drug-likeness (QED) is 0.807. The van der Waals surface area contributed by atoms with Crippen LogP contribution in [0.3, 0.4) is 0 Å². The van der Waals surface area contributed by atoms with Crippen molar-refractivity contribution in [3.63, 3.8) is 0 Å². The lowest BCUT2D eigenvalue weighted by Gasteiger charge is -2.22. The molecule has 1 saturated carbocycles. The van der Waals surface area contributed by atoms with E-state index >= 15 is 0 Å². The minimum atomic E-state index is -0.289. The van der Waals surface area contributed by atoms with Crippen LogP contribution >= 0.6 is 11.6 Å². The van der Waals surface area contributed by atoms with Crippen molar-refractivity contribution in [3.05, 3.63) is 64.7 Å². The van der Waals surface area contributed by atoms with Gasteiger partial charge in [0.05, 0.1) is 0 Å². The molecule has 0 radical (unpaired) electrons. The van der Waals surface area contributed by atoms with Gasteiger partial charge in [0, 0.05) is 24.3 Å². The molecule has 3 nitrogen and oxygen atoms in total. The second-order valence-electron chi connectivity index (χ2n) is 5.16. The van der Waals surface area contributed by atoms with Crippen LogP contribution in [0.4, 0.5) is 4.39 Å². The predicted octanol–water partition coefficient (Wildman–Crippen LogP) is 3.68. The van der Waals surface area contributed by atoms with Crippen molar-refractivity contribution in [2.24, 2.45) is 0 Å². The number of carbonyl (C=O) groups excluding carboxylic acids is 1. The second kappa shape index (κ2) is 5.82. The second-order valence-corrected chi connectivity index (χ2v) is 5.55. The van der Waals surface area contributed by atoms with Crippen molar-refractivity contribution in [2.45, 2.75) is 25.4 Å².